The number of rotatable bonds is 5. The lowest BCUT2D eigenvalue weighted by Crippen LogP contribution is -1.99. The first-order valence-corrected chi connectivity index (χ1v) is 9.14. The van der Waals surface area contributed by atoms with Crippen LogP contribution >= 0.6 is 24.0 Å². The lowest BCUT2D eigenvalue weighted by molar-refractivity contribution is -0.384. The molecule has 0 radical (unpaired) electrons. The summed E-state index contributed by atoms with van der Waals surface area (Å²) in [5.74, 6) is 0.368. The summed E-state index contributed by atoms with van der Waals surface area (Å²) in [5, 5.41) is 22.6. The third-order valence-corrected chi connectivity index (χ3v) is 4.81. The molecule has 1 heterocycles. The number of nitro groups is 1. The predicted octanol–water partition coefficient (Wildman–Crippen LogP) is 6.17. The number of nitrogens with zero attached hydrogens (tertiary/aromatic N) is 2. The van der Waals surface area contributed by atoms with Gasteiger partial charge in [0.25, 0.3) is 5.69 Å². The van der Waals surface area contributed by atoms with Crippen LogP contribution in [0.25, 0.3) is 22.0 Å². The third-order valence-electron chi connectivity index (χ3n) is 4.52. The quantitative estimate of drug-likeness (QED) is 0.295. The van der Waals surface area contributed by atoms with Gasteiger partial charge in [-0.25, -0.2) is 0 Å². The molecule has 152 valence electrons. The van der Waals surface area contributed by atoms with E-state index in [1.807, 2.05) is 30.3 Å². The van der Waals surface area contributed by atoms with E-state index in [0.717, 1.165) is 5.56 Å². The van der Waals surface area contributed by atoms with Gasteiger partial charge in [-0.15, -0.1) is 12.4 Å². The number of para-hydroxylation sites is 1. The standard InChI is InChI=1S/C22H15ClN2O4.ClH/c23-16-12-17(25(27)28)20(15-8-4-5-9-18(15)26)22-21(16)19(10-11-24-22)29-13-14-6-2-1-3-7-14;/h1-12,26H,13H2;1H. The van der Waals surface area contributed by atoms with Crippen LogP contribution in [0.4, 0.5) is 5.69 Å². The topological polar surface area (TPSA) is 85.5 Å². The summed E-state index contributed by atoms with van der Waals surface area (Å²) in [5.41, 5.74) is 1.51. The number of benzene rings is 3. The molecule has 8 heteroatoms. The monoisotopic (exact) mass is 442 g/mol. The Kier molecular flexibility index (Phi) is 6.40. The van der Waals surface area contributed by atoms with Gasteiger partial charge in [-0.1, -0.05) is 60.1 Å². The van der Waals surface area contributed by atoms with Crippen molar-refractivity contribution in [3.63, 3.8) is 0 Å². The maximum atomic E-state index is 11.7. The predicted molar refractivity (Wildman–Crippen MR) is 119 cm³/mol. The van der Waals surface area contributed by atoms with Gasteiger partial charge < -0.3 is 9.84 Å². The molecule has 30 heavy (non-hydrogen) atoms. The van der Waals surface area contributed by atoms with Crippen LogP contribution in [0.3, 0.4) is 0 Å². The Morgan fingerprint density at radius 3 is 2.47 bits per heavy atom. The van der Waals surface area contributed by atoms with E-state index in [-0.39, 0.29) is 39.9 Å². The lowest BCUT2D eigenvalue weighted by Gasteiger charge is -2.14. The van der Waals surface area contributed by atoms with Crippen molar-refractivity contribution in [3.8, 4) is 22.6 Å². The second kappa shape index (κ2) is 8.98. The van der Waals surface area contributed by atoms with E-state index in [9.17, 15) is 15.2 Å². The number of hydrogen-bond acceptors (Lipinski definition) is 5. The summed E-state index contributed by atoms with van der Waals surface area (Å²) in [6, 6.07) is 18.9. The van der Waals surface area contributed by atoms with Gasteiger partial charge in [0.1, 0.15) is 18.1 Å². The highest BCUT2D eigenvalue weighted by molar-refractivity contribution is 6.37. The fraction of sp³-hybridized carbons (Fsp3) is 0.0455. The molecule has 0 aliphatic carbocycles. The lowest BCUT2D eigenvalue weighted by atomic mass is 9.98. The number of phenolic OH excluding ortho intramolecular Hbond substituents is 1. The van der Waals surface area contributed by atoms with E-state index in [0.29, 0.717) is 23.3 Å². The van der Waals surface area contributed by atoms with Crippen LogP contribution in [-0.2, 0) is 6.61 Å². The first-order valence-electron chi connectivity index (χ1n) is 8.77. The highest BCUT2D eigenvalue weighted by atomic mass is 35.5. The molecule has 0 spiro atoms. The van der Waals surface area contributed by atoms with Crippen LogP contribution in [0, 0.1) is 10.1 Å². The molecule has 0 saturated heterocycles. The molecular formula is C22H16Cl2N2O4. The Bertz CT molecular complexity index is 1220. The summed E-state index contributed by atoms with van der Waals surface area (Å²) in [6.45, 7) is 0.305. The Morgan fingerprint density at radius 1 is 1.07 bits per heavy atom. The molecule has 0 aliphatic rings. The van der Waals surface area contributed by atoms with Crippen molar-refractivity contribution in [1.82, 2.24) is 4.98 Å². The van der Waals surface area contributed by atoms with Crippen LogP contribution < -0.4 is 4.74 Å². The van der Waals surface area contributed by atoms with Crippen LogP contribution in [0.1, 0.15) is 5.56 Å². The molecular weight excluding hydrogens is 427 g/mol. The van der Waals surface area contributed by atoms with E-state index in [1.54, 1.807) is 24.3 Å². The Balaban J connectivity index is 0.00000256. The molecule has 0 atom stereocenters. The first-order chi connectivity index (χ1) is 14.1. The summed E-state index contributed by atoms with van der Waals surface area (Å²) >= 11 is 6.41. The van der Waals surface area contributed by atoms with E-state index in [1.165, 1.54) is 18.3 Å². The average molecular weight is 443 g/mol. The van der Waals surface area contributed by atoms with Crippen molar-refractivity contribution in [3.05, 3.63) is 93.6 Å². The number of nitro benzene ring substituents is 1. The molecule has 0 unspecified atom stereocenters. The number of aromatic hydroxyl groups is 1. The number of ether oxygens (including phenoxy) is 1. The van der Waals surface area contributed by atoms with Crippen LogP contribution in [0.15, 0.2) is 72.9 Å². The zero-order chi connectivity index (χ0) is 20.4. The fourth-order valence-corrected chi connectivity index (χ4v) is 3.49. The third kappa shape index (κ3) is 4.01. The van der Waals surface area contributed by atoms with Crippen molar-refractivity contribution in [2.24, 2.45) is 0 Å². The fourth-order valence-electron chi connectivity index (χ4n) is 3.20. The molecule has 0 bridgehead atoms. The van der Waals surface area contributed by atoms with Crippen LogP contribution in [0.5, 0.6) is 11.5 Å². The molecule has 0 aliphatic heterocycles. The number of halogens is 2. The molecule has 6 nitrogen and oxygen atoms in total. The maximum Gasteiger partial charge on any atom is 0.281 e. The van der Waals surface area contributed by atoms with E-state index in [4.69, 9.17) is 16.3 Å². The summed E-state index contributed by atoms with van der Waals surface area (Å²) in [6.07, 6.45) is 1.51. The number of pyridine rings is 1. The van der Waals surface area contributed by atoms with Crippen molar-refractivity contribution in [2.45, 2.75) is 6.61 Å². The molecule has 0 saturated carbocycles. The minimum absolute atomic E-state index is 0. The largest absolute Gasteiger partial charge is 0.507 e. The summed E-state index contributed by atoms with van der Waals surface area (Å²) in [7, 11) is 0. The molecule has 4 rings (SSSR count). The van der Waals surface area contributed by atoms with Crippen LogP contribution in [-0.4, -0.2) is 15.0 Å². The van der Waals surface area contributed by atoms with E-state index < -0.39 is 4.92 Å². The molecule has 1 N–H and O–H groups in total. The van der Waals surface area contributed by atoms with Crippen molar-refractivity contribution in [1.29, 1.82) is 0 Å². The van der Waals surface area contributed by atoms with Gasteiger partial charge in [0.15, 0.2) is 0 Å². The highest BCUT2D eigenvalue weighted by Gasteiger charge is 2.25. The summed E-state index contributed by atoms with van der Waals surface area (Å²) < 4.78 is 5.95. The molecule has 0 fully saturated rings. The number of fused-ring (bicyclic) bond motifs is 1. The SMILES string of the molecule is Cl.O=[N+]([O-])c1cc(Cl)c2c(OCc3ccccc3)ccnc2c1-c1ccccc1O. The zero-order valence-electron chi connectivity index (χ0n) is 15.5. The van der Waals surface area contributed by atoms with Gasteiger partial charge in [0, 0.05) is 17.8 Å². The van der Waals surface area contributed by atoms with E-state index >= 15 is 0 Å². The number of phenols is 1. The second-order valence-corrected chi connectivity index (χ2v) is 6.74. The van der Waals surface area contributed by atoms with E-state index in [2.05, 4.69) is 4.98 Å². The molecule has 4 aromatic rings. The Hall–Kier alpha value is -3.35. The second-order valence-electron chi connectivity index (χ2n) is 6.33. The van der Waals surface area contributed by atoms with Gasteiger partial charge in [-0.2, -0.15) is 0 Å². The number of hydrogen-bond donors (Lipinski definition) is 1. The molecule has 0 amide bonds. The minimum Gasteiger partial charge on any atom is -0.507 e. The Labute approximate surface area is 183 Å². The van der Waals surface area contributed by atoms with Crippen LogP contribution in [0.2, 0.25) is 5.02 Å². The highest BCUT2D eigenvalue weighted by Crippen LogP contribution is 2.45. The zero-order valence-corrected chi connectivity index (χ0v) is 17.1. The van der Waals surface area contributed by atoms with Gasteiger partial charge in [0.2, 0.25) is 0 Å². The molecule has 1 aromatic heterocycles. The van der Waals surface area contributed by atoms with Gasteiger partial charge in [0.05, 0.1) is 26.4 Å². The average Bonchev–Trinajstić information content (AvgIpc) is 2.73. The first kappa shape index (κ1) is 21.4. The number of aromatic nitrogens is 1. The smallest absolute Gasteiger partial charge is 0.281 e. The normalized spacial score (nSPS) is 10.4. The van der Waals surface area contributed by atoms with Gasteiger partial charge in [-0.3, -0.25) is 15.1 Å². The summed E-state index contributed by atoms with van der Waals surface area (Å²) in [4.78, 5) is 15.5. The minimum atomic E-state index is -0.535. The van der Waals surface area contributed by atoms with Crippen molar-refractivity contribution < 1.29 is 14.8 Å². The Morgan fingerprint density at radius 2 is 1.77 bits per heavy atom. The van der Waals surface area contributed by atoms with Gasteiger partial charge in [-0.05, 0) is 17.7 Å². The van der Waals surface area contributed by atoms with Gasteiger partial charge >= 0.3 is 0 Å². The molecule has 3 aromatic carbocycles. The van der Waals surface area contributed by atoms with Crippen molar-refractivity contribution in [2.75, 3.05) is 0 Å². The van der Waals surface area contributed by atoms with Crippen molar-refractivity contribution >= 4 is 40.6 Å². The maximum absolute atomic E-state index is 11.7.